The van der Waals surface area contributed by atoms with Gasteiger partial charge in [-0.2, -0.15) is 0 Å². The highest BCUT2D eigenvalue weighted by atomic mass is 16.5. The highest BCUT2D eigenvalue weighted by Crippen LogP contribution is 2.20. The van der Waals surface area contributed by atoms with E-state index in [0.717, 1.165) is 13.2 Å². The first-order chi connectivity index (χ1) is 8.74. The molecular weight excluding hydrogens is 226 g/mol. The third kappa shape index (κ3) is 6.72. The van der Waals surface area contributed by atoms with Crippen molar-refractivity contribution in [3.8, 4) is 0 Å². The molecule has 1 N–H and O–H groups in total. The number of rotatable bonds is 8. The average molecular weight is 257 g/mol. The summed E-state index contributed by atoms with van der Waals surface area (Å²) in [5, 5.41) is 3.65. The standard InChI is InChI=1S/C15H31NO2/c1-4-10-16-14-8-6-5-7-9-15(14)18-12-11-17-13(2)3/h13-16H,4-12H2,1-3H3. The lowest BCUT2D eigenvalue weighted by Crippen LogP contribution is -2.41. The van der Waals surface area contributed by atoms with E-state index in [-0.39, 0.29) is 0 Å². The Balaban J connectivity index is 2.27. The first-order valence-corrected chi connectivity index (χ1v) is 7.70. The molecule has 1 fully saturated rings. The smallest absolute Gasteiger partial charge is 0.0729 e. The molecule has 2 unspecified atom stereocenters. The van der Waals surface area contributed by atoms with Crippen molar-refractivity contribution >= 4 is 0 Å². The zero-order valence-electron chi connectivity index (χ0n) is 12.4. The van der Waals surface area contributed by atoms with Gasteiger partial charge in [0.25, 0.3) is 0 Å². The quantitative estimate of drug-likeness (QED) is 0.535. The molecule has 0 aromatic rings. The number of hydrogen-bond donors (Lipinski definition) is 1. The van der Waals surface area contributed by atoms with Crippen molar-refractivity contribution in [3.05, 3.63) is 0 Å². The van der Waals surface area contributed by atoms with Crippen LogP contribution in [0.15, 0.2) is 0 Å². The second kappa shape index (κ2) is 9.76. The molecule has 108 valence electrons. The van der Waals surface area contributed by atoms with Crippen LogP contribution in [0.2, 0.25) is 0 Å². The van der Waals surface area contributed by atoms with E-state index in [2.05, 4.69) is 26.1 Å². The Morgan fingerprint density at radius 2 is 1.89 bits per heavy atom. The highest BCUT2D eigenvalue weighted by Gasteiger charge is 2.23. The molecule has 0 amide bonds. The van der Waals surface area contributed by atoms with Crippen LogP contribution in [0.4, 0.5) is 0 Å². The largest absolute Gasteiger partial charge is 0.376 e. The SMILES string of the molecule is CCCNC1CCCCCC1OCCOC(C)C. The van der Waals surface area contributed by atoms with E-state index in [4.69, 9.17) is 9.47 Å². The van der Waals surface area contributed by atoms with Crippen molar-refractivity contribution < 1.29 is 9.47 Å². The van der Waals surface area contributed by atoms with Gasteiger partial charge in [0, 0.05) is 6.04 Å². The number of ether oxygens (including phenoxy) is 2. The summed E-state index contributed by atoms with van der Waals surface area (Å²) in [4.78, 5) is 0. The molecule has 0 aromatic carbocycles. The topological polar surface area (TPSA) is 30.5 Å². The van der Waals surface area contributed by atoms with E-state index in [9.17, 15) is 0 Å². The zero-order chi connectivity index (χ0) is 13.2. The van der Waals surface area contributed by atoms with Gasteiger partial charge in [0.2, 0.25) is 0 Å². The Morgan fingerprint density at radius 1 is 1.11 bits per heavy atom. The maximum absolute atomic E-state index is 6.04. The lowest BCUT2D eigenvalue weighted by atomic mass is 10.1. The molecule has 1 rings (SSSR count). The van der Waals surface area contributed by atoms with E-state index in [0.29, 0.717) is 24.9 Å². The molecule has 3 heteroatoms. The Labute approximate surface area is 113 Å². The van der Waals surface area contributed by atoms with Gasteiger partial charge in [0.15, 0.2) is 0 Å². The Bertz CT molecular complexity index is 197. The number of nitrogens with one attached hydrogen (secondary N) is 1. The van der Waals surface area contributed by atoms with Crippen LogP contribution in [-0.2, 0) is 9.47 Å². The monoisotopic (exact) mass is 257 g/mol. The van der Waals surface area contributed by atoms with Crippen molar-refractivity contribution in [3.63, 3.8) is 0 Å². The van der Waals surface area contributed by atoms with Gasteiger partial charge in [-0.05, 0) is 39.7 Å². The van der Waals surface area contributed by atoms with Gasteiger partial charge in [0.1, 0.15) is 0 Å². The molecule has 1 aliphatic rings. The average Bonchev–Trinajstić information content (AvgIpc) is 2.57. The minimum absolute atomic E-state index is 0.303. The Morgan fingerprint density at radius 3 is 2.61 bits per heavy atom. The molecule has 0 spiro atoms. The molecule has 0 bridgehead atoms. The van der Waals surface area contributed by atoms with Gasteiger partial charge in [-0.15, -0.1) is 0 Å². The Kier molecular flexibility index (Phi) is 8.64. The normalized spacial score (nSPS) is 25.3. The fourth-order valence-corrected chi connectivity index (χ4v) is 2.52. The molecule has 0 heterocycles. The van der Waals surface area contributed by atoms with Gasteiger partial charge in [-0.25, -0.2) is 0 Å². The van der Waals surface area contributed by atoms with Crippen LogP contribution in [0.5, 0.6) is 0 Å². The maximum Gasteiger partial charge on any atom is 0.0729 e. The fourth-order valence-electron chi connectivity index (χ4n) is 2.52. The summed E-state index contributed by atoms with van der Waals surface area (Å²) in [7, 11) is 0. The van der Waals surface area contributed by atoms with Gasteiger partial charge >= 0.3 is 0 Å². The minimum atomic E-state index is 0.303. The van der Waals surface area contributed by atoms with Crippen LogP contribution in [-0.4, -0.2) is 38.0 Å². The van der Waals surface area contributed by atoms with Crippen LogP contribution in [0.3, 0.4) is 0 Å². The summed E-state index contributed by atoms with van der Waals surface area (Å²) >= 11 is 0. The first-order valence-electron chi connectivity index (χ1n) is 7.70. The lowest BCUT2D eigenvalue weighted by Gasteiger charge is -2.26. The van der Waals surface area contributed by atoms with E-state index < -0.39 is 0 Å². The van der Waals surface area contributed by atoms with Crippen LogP contribution in [0, 0.1) is 0 Å². The zero-order valence-corrected chi connectivity index (χ0v) is 12.4. The number of hydrogen-bond acceptors (Lipinski definition) is 3. The predicted octanol–water partition coefficient (Wildman–Crippen LogP) is 3.13. The second-order valence-electron chi connectivity index (χ2n) is 5.53. The fraction of sp³-hybridized carbons (Fsp3) is 1.00. The molecule has 1 saturated carbocycles. The van der Waals surface area contributed by atoms with Crippen molar-refractivity contribution in [2.24, 2.45) is 0 Å². The molecule has 0 aliphatic heterocycles. The summed E-state index contributed by atoms with van der Waals surface area (Å²) in [6.07, 6.45) is 8.33. The molecular formula is C15H31NO2. The van der Waals surface area contributed by atoms with Crippen LogP contribution in [0.1, 0.15) is 59.3 Å². The summed E-state index contributed by atoms with van der Waals surface area (Å²) in [6, 6.07) is 0.548. The van der Waals surface area contributed by atoms with Gasteiger partial charge in [-0.3, -0.25) is 0 Å². The van der Waals surface area contributed by atoms with Crippen LogP contribution >= 0.6 is 0 Å². The van der Waals surface area contributed by atoms with Crippen LogP contribution < -0.4 is 5.32 Å². The summed E-state index contributed by atoms with van der Waals surface area (Å²) < 4.78 is 11.6. The molecule has 18 heavy (non-hydrogen) atoms. The van der Waals surface area contributed by atoms with Crippen molar-refractivity contribution in [1.82, 2.24) is 5.32 Å². The molecule has 0 radical (unpaired) electrons. The summed E-state index contributed by atoms with van der Waals surface area (Å²) in [6.45, 7) is 8.90. The predicted molar refractivity (Wildman–Crippen MR) is 76.0 cm³/mol. The van der Waals surface area contributed by atoms with Gasteiger partial charge < -0.3 is 14.8 Å². The molecule has 3 nitrogen and oxygen atoms in total. The first kappa shape index (κ1) is 15.9. The molecule has 0 saturated heterocycles. The summed E-state index contributed by atoms with van der Waals surface area (Å²) in [5.74, 6) is 0. The van der Waals surface area contributed by atoms with Gasteiger partial charge in [-0.1, -0.05) is 26.2 Å². The third-order valence-corrected chi connectivity index (χ3v) is 3.48. The van der Waals surface area contributed by atoms with E-state index in [1.54, 1.807) is 0 Å². The van der Waals surface area contributed by atoms with Crippen molar-refractivity contribution in [2.45, 2.75) is 77.5 Å². The van der Waals surface area contributed by atoms with E-state index in [1.165, 1.54) is 38.5 Å². The molecule has 0 aromatic heterocycles. The minimum Gasteiger partial charge on any atom is -0.376 e. The second-order valence-corrected chi connectivity index (χ2v) is 5.53. The lowest BCUT2D eigenvalue weighted by molar-refractivity contribution is -0.0273. The highest BCUT2D eigenvalue weighted by molar-refractivity contribution is 4.80. The van der Waals surface area contributed by atoms with Crippen molar-refractivity contribution in [1.29, 1.82) is 0 Å². The van der Waals surface area contributed by atoms with Crippen molar-refractivity contribution in [2.75, 3.05) is 19.8 Å². The van der Waals surface area contributed by atoms with E-state index >= 15 is 0 Å². The third-order valence-electron chi connectivity index (χ3n) is 3.48. The maximum atomic E-state index is 6.04. The molecule has 1 aliphatic carbocycles. The Hall–Kier alpha value is -0.120. The summed E-state index contributed by atoms with van der Waals surface area (Å²) in [5.41, 5.74) is 0. The van der Waals surface area contributed by atoms with Gasteiger partial charge in [0.05, 0.1) is 25.4 Å². The molecule has 2 atom stereocenters. The van der Waals surface area contributed by atoms with E-state index in [1.807, 2.05) is 0 Å². The van der Waals surface area contributed by atoms with Crippen LogP contribution in [0.25, 0.3) is 0 Å².